The zero-order valence-corrected chi connectivity index (χ0v) is 14.7. The van der Waals surface area contributed by atoms with Crippen molar-refractivity contribution in [1.82, 2.24) is 0 Å². The molecular weight excluding hydrogens is 220 g/mol. The van der Waals surface area contributed by atoms with Crippen molar-refractivity contribution in [1.29, 1.82) is 0 Å². The summed E-state index contributed by atoms with van der Waals surface area (Å²) in [5.41, 5.74) is 0.169. The van der Waals surface area contributed by atoms with Gasteiger partial charge in [0.05, 0.1) is 0 Å². The van der Waals surface area contributed by atoms with Crippen molar-refractivity contribution in [3.63, 3.8) is 0 Å². The van der Waals surface area contributed by atoms with Crippen molar-refractivity contribution < 1.29 is 58.2 Å². The molecule has 1 nitrogen and oxygen atoms in total. The molecule has 0 rings (SSSR count). The average molecular weight is 242 g/mol. The molecule has 12 heavy (non-hydrogen) atoms. The predicted octanol–water partition coefficient (Wildman–Crippen LogP) is 0.597. The maximum absolute atomic E-state index is 4.65. The topological polar surface area (TPSA) is 14.1 Å². The number of nitrogens with zero attached hydrogens (tertiary/aromatic N) is 1. The van der Waals surface area contributed by atoms with Gasteiger partial charge in [0.1, 0.15) is 0 Å². The molecule has 0 aromatic carbocycles. The Bertz CT molecular complexity index is 96.4. The monoisotopic (exact) mass is 241 g/mol. The van der Waals surface area contributed by atoms with E-state index in [-0.39, 0.29) is 63.7 Å². The Morgan fingerprint density at radius 2 is 1.50 bits per heavy atom. The van der Waals surface area contributed by atoms with E-state index in [1.807, 2.05) is 0 Å². The molecule has 0 amide bonds. The van der Waals surface area contributed by atoms with Gasteiger partial charge in [0.25, 0.3) is 0 Å². The zero-order valence-electron chi connectivity index (χ0n) is 9.81. The van der Waals surface area contributed by atoms with Gasteiger partial charge in [0.2, 0.25) is 0 Å². The second kappa shape index (κ2) is 7.11. The van der Waals surface area contributed by atoms with Crippen LogP contribution in [0.1, 0.15) is 48.0 Å². The van der Waals surface area contributed by atoms with Gasteiger partial charge >= 0.3 is 58.2 Å². The molecule has 68 valence electrons. The minimum atomic E-state index is 0. The first-order chi connectivity index (χ1) is 4.83. The number of rotatable bonds is 4. The van der Waals surface area contributed by atoms with Crippen LogP contribution >= 0.6 is 0 Å². The van der Waals surface area contributed by atoms with Crippen LogP contribution in [0, 0.1) is 5.92 Å². The Hall–Kier alpha value is 1.77. The second-order valence-electron chi connectivity index (χ2n) is 4.63. The Balaban J connectivity index is 0. The summed E-state index contributed by atoms with van der Waals surface area (Å²) in [7, 11) is 0. The molecule has 0 radical (unpaired) electrons. The molecule has 0 aromatic rings. The molecule has 0 heterocycles. The van der Waals surface area contributed by atoms with E-state index in [0.717, 1.165) is 5.92 Å². The van der Waals surface area contributed by atoms with Gasteiger partial charge < -0.3 is 5.32 Å². The molecule has 0 aromatic heterocycles. The van der Waals surface area contributed by atoms with E-state index in [9.17, 15) is 0 Å². The van der Waals surface area contributed by atoms with Gasteiger partial charge in [0, 0.05) is 0 Å². The summed E-state index contributed by atoms with van der Waals surface area (Å²) in [5.74, 6) is 0.743. The van der Waals surface area contributed by atoms with Crippen LogP contribution in [0.2, 0.25) is 0 Å². The fourth-order valence-electron chi connectivity index (χ4n) is 1.75. The molecular formula is C10H22NRb. The fraction of sp³-hybridized carbons (Fsp3) is 1.00. The molecule has 0 N–H and O–H groups in total. The first-order valence-corrected chi connectivity index (χ1v) is 4.55. The molecule has 0 aliphatic rings. The fourth-order valence-corrected chi connectivity index (χ4v) is 1.75. The van der Waals surface area contributed by atoms with Gasteiger partial charge in [-0.05, 0) is 5.92 Å². The predicted molar refractivity (Wildman–Crippen MR) is 52.0 cm³/mol. The summed E-state index contributed by atoms with van der Waals surface area (Å²) in [4.78, 5) is 0. The molecule has 0 saturated carbocycles. The summed E-state index contributed by atoms with van der Waals surface area (Å²) in [6.45, 7) is 13.2. The molecule has 0 saturated heterocycles. The van der Waals surface area contributed by atoms with Crippen LogP contribution in [0.4, 0.5) is 0 Å². The van der Waals surface area contributed by atoms with Crippen LogP contribution in [0.5, 0.6) is 0 Å². The van der Waals surface area contributed by atoms with Crippen LogP contribution in [0.25, 0.3) is 5.32 Å². The smallest absolute Gasteiger partial charge is 0.655 e. The van der Waals surface area contributed by atoms with Crippen LogP contribution in [-0.2, 0) is 0 Å². The first kappa shape index (κ1) is 16.2. The van der Waals surface area contributed by atoms with Crippen molar-refractivity contribution in [2.75, 3.05) is 0 Å². The Kier molecular flexibility index (Phi) is 9.60. The minimum Gasteiger partial charge on any atom is -0.655 e. The molecule has 0 aliphatic carbocycles. The SMILES string of the molecule is CC(C)CC(C)(C)[N-]C(C)C.[Rb+]. The molecule has 0 fully saturated rings. The molecule has 2 heteroatoms. The normalized spacial score (nSPS) is 12.0. The van der Waals surface area contributed by atoms with E-state index < -0.39 is 0 Å². The third-order valence-corrected chi connectivity index (χ3v) is 1.52. The van der Waals surface area contributed by atoms with E-state index in [4.69, 9.17) is 0 Å². The second-order valence-corrected chi connectivity index (χ2v) is 4.63. The van der Waals surface area contributed by atoms with E-state index in [1.165, 1.54) is 6.42 Å². The molecule has 0 unspecified atom stereocenters. The van der Waals surface area contributed by atoms with Crippen LogP contribution in [0.3, 0.4) is 0 Å². The van der Waals surface area contributed by atoms with Crippen molar-refractivity contribution in [3.8, 4) is 0 Å². The van der Waals surface area contributed by atoms with Gasteiger partial charge in [0.15, 0.2) is 0 Å². The first-order valence-electron chi connectivity index (χ1n) is 4.55. The maximum Gasteiger partial charge on any atom is 1.00 e. The van der Waals surface area contributed by atoms with Crippen molar-refractivity contribution >= 4 is 0 Å². The summed E-state index contributed by atoms with van der Waals surface area (Å²) >= 11 is 0. The molecule has 0 bridgehead atoms. The zero-order chi connectivity index (χ0) is 9.07. The van der Waals surface area contributed by atoms with E-state index in [2.05, 4.69) is 46.9 Å². The summed E-state index contributed by atoms with van der Waals surface area (Å²) in [6.07, 6.45) is 1.19. The van der Waals surface area contributed by atoms with Crippen molar-refractivity contribution in [2.24, 2.45) is 5.92 Å². The largest absolute Gasteiger partial charge is 1.00 e. The van der Waals surface area contributed by atoms with Gasteiger partial charge in [-0.3, -0.25) is 0 Å². The molecule has 0 atom stereocenters. The third kappa shape index (κ3) is 9.85. The summed E-state index contributed by atoms with van der Waals surface area (Å²) in [5, 5.41) is 4.65. The average Bonchev–Trinajstić information content (AvgIpc) is 1.53. The van der Waals surface area contributed by atoms with Crippen molar-refractivity contribution in [3.05, 3.63) is 5.32 Å². The standard InChI is InChI=1S/C10H22N.Rb/c1-8(2)7-10(5,6)11-9(3)4;/h8-9H,7H2,1-6H3;/q-1;+1. The summed E-state index contributed by atoms with van der Waals surface area (Å²) < 4.78 is 0. The van der Waals surface area contributed by atoms with Gasteiger partial charge in [-0.15, -0.1) is 11.6 Å². The number of hydrogen-bond acceptors (Lipinski definition) is 0. The van der Waals surface area contributed by atoms with Crippen LogP contribution in [0.15, 0.2) is 0 Å². The van der Waals surface area contributed by atoms with Crippen LogP contribution in [-0.4, -0.2) is 11.6 Å². The summed E-state index contributed by atoms with van der Waals surface area (Å²) in [6, 6.07) is 0.462. The third-order valence-electron chi connectivity index (χ3n) is 1.52. The molecule has 0 aliphatic heterocycles. The minimum absolute atomic E-state index is 0. The van der Waals surface area contributed by atoms with E-state index in [1.54, 1.807) is 0 Å². The molecule has 0 spiro atoms. The van der Waals surface area contributed by atoms with Crippen molar-refractivity contribution in [2.45, 2.75) is 59.5 Å². The Morgan fingerprint density at radius 3 is 1.75 bits per heavy atom. The Morgan fingerprint density at radius 1 is 1.08 bits per heavy atom. The Labute approximate surface area is 127 Å². The number of hydrogen-bond donors (Lipinski definition) is 0. The van der Waals surface area contributed by atoms with Gasteiger partial charge in [-0.1, -0.05) is 48.0 Å². The van der Waals surface area contributed by atoms with Gasteiger partial charge in [-0.2, -0.15) is 0 Å². The van der Waals surface area contributed by atoms with Gasteiger partial charge in [-0.25, -0.2) is 0 Å². The van der Waals surface area contributed by atoms with E-state index in [0.29, 0.717) is 6.04 Å². The maximum atomic E-state index is 4.65. The van der Waals surface area contributed by atoms with Crippen LogP contribution < -0.4 is 58.2 Å². The van der Waals surface area contributed by atoms with E-state index >= 15 is 0 Å². The quantitative estimate of drug-likeness (QED) is 0.685.